The van der Waals surface area contributed by atoms with E-state index in [-0.39, 0.29) is 24.7 Å². The van der Waals surface area contributed by atoms with Gasteiger partial charge in [0.25, 0.3) is 5.69 Å². The van der Waals surface area contributed by atoms with Crippen molar-refractivity contribution in [3.05, 3.63) is 39.9 Å². The van der Waals surface area contributed by atoms with E-state index in [9.17, 15) is 14.9 Å². The Kier molecular flexibility index (Phi) is 6.66. The Morgan fingerprint density at radius 3 is 2.70 bits per heavy atom. The number of benzene rings is 1. The quantitative estimate of drug-likeness (QED) is 0.342. The fraction of sp³-hybridized carbons (Fsp3) is 0.500. The van der Waals surface area contributed by atoms with Crippen molar-refractivity contribution in [2.45, 2.75) is 38.7 Å². The summed E-state index contributed by atoms with van der Waals surface area (Å²) >= 11 is 0. The van der Waals surface area contributed by atoms with Gasteiger partial charge in [-0.15, -0.1) is 0 Å². The number of esters is 1. The number of hydrogen-bond acceptors (Lipinski definition) is 5. The number of hydrogen-bond donors (Lipinski definition) is 1. The summed E-state index contributed by atoms with van der Waals surface area (Å²) in [7, 11) is 0. The minimum Gasteiger partial charge on any atom is -0.458 e. The van der Waals surface area contributed by atoms with Crippen molar-refractivity contribution in [3.8, 4) is 0 Å². The lowest BCUT2D eigenvalue weighted by atomic mass is 10.1. The normalized spacial score (nSPS) is 11.9. The molecule has 0 spiro atoms. The van der Waals surface area contributed by atoms with Gasteiger partial charge in [0.1, 0.15) is 6.10 Å². The van der Waals surface area contributed by atoms with Crippen molar-refractivity contribution in [1.82, 2.24) is 0 Å². The number of aliphatic hydroxyl groups is 1. The zero-order chi connectivity index (χ0) is 15.0. The number of nitro groups is 1. The summed E-state index contributed by atoms with van der Waals surface area (Å²) in [6, 6.07) is 6.22. The molecule has 0 aliphatic rings. The maximum Gasteiger partial charge on any atom is 0.306 e. The van der Waals surface area contributed by atoms with Crippen molar-refractivity contribution in [1.29, 1.82) is 0 Å². The number of carbonyl (C=O) groups excluding carboxylic acids is 1. The van der Waals surface area contributed by atoms with E-state index in [0.29, 0.717) is 18.4 Å². The molecule has 0 aromatic heterocycles. The van der Waals surface area contributed by atoms with Crippen molar-refractivity contribution in [2.24, 2.45) is 0 Å². The molecule has 1 rings (SSSR count). The van der Waals surface area contributed by atoms with Crippen LogP contribution in [0.4, 0.5) is 5.69 Å². The second-order valence-corrected chi connectivity index (χ2v) is 4.48. The van der Waals surface area contributed by atoms with Gasteiger partial charge in [0.05, 0.1) is 10.5 Å². The lowest BCUT2D eigenvalue weighted by Gasteiger charge is -2.13. The standard InChI is InChI=1S/C14H19NO5/c1-11(20-14(17)9-3-2-6-10-16)12-7-4-5-8-13(12)15(18)19/h4-5,7-8,11,16H,2-3,6,9-10H2,1H3. The van der Waals surface area contributed by atoms with Crippen molar-refractivity contribution < 1.29 is 19.6 Å². The maximum absolute atomic E-state index is 11.6. The number of rotatable bonds is 8. The topological polar surface area (TPSA) is 89.7 Å². The number of unbranched alkanes of at least 4 members (excludes halogenated alkanes) is 2. The highest BCUT2D eigenvalue weighted by Gasteiger charge is 2.20. The minimum atomic E-state index is -0.651. The Hall–Kier alpha value is -1.95. The van der Waals surface area contributed by atoms with E-state index in [1.807, 2.05) is 0 Å². The van der Waals surface area contributed by atoms with Crippen LogP contribution in [0.15, 0.2) is 24.3 Å². The molecular formula is C14H19NO5. The van der Waals surface area contributed by atoms with Gasteiger partial charge in [-0.1, -0.05) is 18.6 Å². The summed E-state index contributed by atoms with van der Waals surface area (Å²) in [5, 5.41) is 19.5. The number of para-hydroxylation sites is 1. The zero-order valence-corrected chi connectivity index (χ0v) is 11.4. The Balaban J connectivity index is 2.56. The molecule has 1 unspecified atom stereocenters. The monoisotopic (exact) mass is 281 g/mol. The average Bonchev–Trinajstić information content (AvgIpc) is 2.43. The summed E-state index contributed by atoms with van der Waals surface area (Å²) in [6.45, 7) is 1.73. The molecule has 0 amide bonds. The predicted octanol–water partition coefficient (Wildman–Crippen LogP) is 2.75. The first-order chi connectivity index (χ1) is 9.56. The van der Waals surface area contributed by atoms with Crippen molar-refractivity contribution in [2.75, 3.05) is 6.61 Å². The van der Waals surface area contributed by atoms with Gasteiger partial charge in [-0.2, -0.15) is 0 Å². The van der Waals surface area contributed by atoms with Crippen LogP contribution in [0.2, 0.25) is 0 Å². The second-order valence-electron chi connectivity index (χ2n) is 4.48. The van der Waals surface area contributed by atoms with E-state index in [1.54, 1.807) is 25.1 Å². The zero-order valence-electron chi connectivity index (χ0n) is 11.4. The van der Waals surface area contributed by atoms with Gasteiger partial charge in [-0.3, -0.25) is 14.9 Å². The first-order valence-corrected chi connectivity index (χ1v) is 6.60. The van der Waals surface area contributed by atoms with Crippen molar-refractivity contribution in [3.63, 3.8) is 0 Å². The molecule has 20 heavy (non-hydrogen) atoms. The second kappa shape index (κ2) is 8.27. The van der Waals surface area contributed by atoms with Gasteiger partial charge in [0.15, 0.2) is 0 Å². The van der Waals surface area contributed by atoms with Crippen LogP contribution in [-0.2, 0) is 9.53 Å². The van der Waals surface area contributed by atoms with Gasteiger partial charge < -0.3 is 9.84 Å². The minimum absolute atomic E-state index is 0.0481. The van der Waals surface area contributed by atoms with E-state index in [0.717, 1.165) is 6.42 Å². The maximum atomic E-state index is 11.6. The fourth-order valence-corrected chi connectivity index (χ4v) is 1.88. The van der Waals surface area contributed by atoms with Crippen LogP contribution in [0.3, 0.4) is 0 Å². The first-order valence-electron chi connectivity index (χ1n) is 6.60. The largest absolute Gasteiger partial charge is 0.458 e. The molecule has 6 nitrogen and oxygen atoms in total. The highest BCUT2D eigenvalue weighted by molar-refractivity contribution is 5.69. The smallest absolute Gasteiger partial charge is 0.306 e. The van der Waals surface area contributed by atoms with Gasteiger partial charge >= 0.3 is 5.97 Å². The van der Waals surface area contributed by atoms with Crippen LogP contribution in [-0.4, -0.2) is 22.6 Å². The molecule has 0 heterocycles. The lowest BCUT2D eigenvalue weighted by Crippen LogP contribution is -2.10. The van der Waals surface area contributed by atoms with Crippen LogP contribution < -0.4 is 0 Å². The third-order valence-corrected chi connectivity index (χ3v) is 2.92. The molecule has 0 aliphatic carbocycles. The van der Waals surface area contributed by atoms with Gasteiger partial charge in [0.2, 0.25) is 0 Å². The third-order valence-electron chi connectivity index (χ3n) is 2.92. The van der Waals surface area contributed by atoms with E-state index < -0.39 is 11.0 Å². The molecule has 0 radical (unpaired) electrons. The number of nitrogens with zero attached hydrogens (tertiary/aromatic N) is 1. The molecule has 0 bridgehead atoms. The molecule has 0 saturated carbocycles. The molecule has 110 valence electrons. The highest BCUT2D eigenvalue weighted by atomic mass is 16.6. The van der Waals surface area contributed by atoms with Crippen LogP contribution in [0.5, 0.6) is 0 Å². The van der Waals surface area contributed by atoms with Crippen LogP contribution >= 0.6 is 0 Å². The van der Waals surface area contributed by atoms with Crippen LogP contribution in [0.25, 0.3) is 0 Å². The molecule has 0 aliphatic heterocycles. The van der Waals surface area contributed by atoms with Crippen LogP contribution in [0, 0.1) is 10.1 Å². The van der Waals surface area contributed by atoms with Crippen LogP contribution in [0.1, 0.15) is 44.3 Å². The Bertz CT molecular complexity index is 461. The fourth-order valence-electron chi connectivity index (χ4n) is 1.88. The highest BCUT2D eigenvalue weighted by Crippen LogP contribution is 2.27. The molecule has 1 N–H and O–H groups in total. The average molecular weight is 281 g/mol. The van der Waals surface area contributed by atoms with Gasteiger partial charge in [-0.25, -0.2) is 0 Å². The number of nitro benzene ring substituents is 1. The predicted molar refractivity (Wildman–Crippen MR) is 73.2 cm³/mol. The molecule has 1 aromatic rings. The Labute approximate surface area is 117 Å². The molecule has 1 atom stereocenters. The summed E-state index contributed by atoms with van der Waals surface area (Å²) < 4.78 is 5.20. The number of ether oxygens (including phenoxy) is 1. The number of aliphatic hydroxyl groups excluding tert-OH is 1. The van der Waals surface area contributed by atoms with Crippen molar-refractivity contribution >= 4 is 11.7 Å². The summed E-state index contributed by atoms with van der Waals surface area (Å²) in [4.78, 5) is 22.0. The van der Waals surface area contributed by atoms with E-state index >= 15 is 0 Å². The molecule has 0 fully saturated rings. The van der Waals surface area contributed by atoms with E-state index in [2.05, 4.69) is 0 Å². The Morgan fingerprint density at radius 2 is 2.05 bits per heavy atom. The first kappa shape index (κ1) is 16.1. The molecule has 1 aromatic carbocycles. The summed E-state index contributed by atoms with van der Waals surface area (Å²) in [5.74, 6) is -0.381. The third kappa shape index (κ3) is 4.97. The van der Waals surface area contributed by atoms with Gasteiger partial charge in [0, 0.05) is 19.1 Å². The Morgan fingerprint density at radius 1 is 1.35 bits per heavy atom. The summed E-state index contributed by atoms with van der Waals surface area (Å²) in [5.41, 5.74) is 0.342. The van der Waals surface area contributed by atoms with Gasteiger partial charge in [-0.05, 0) is 25.8 Å². The summed E-state index contributed by atoms with van der Waals surface area (Å²) in [6.07, 6.45) is 1.66. The molecule has 6 heteroatoms. The molecular weight excluding hydrogens is 262 g/mol. The molecule has 0 saturated heterocycles. The van der Waals surface area contributed by atoms with E-state index in [1.165, 1.54) is 6.07 Å². The van der Waals surface area contributed by atoms with E-state index in [4.69, 9.17) is 9.84 Å². The SMILES string of the molecule is CC(OC(=O)CCCCCO)c1ccccc1[N+](=O)[O-]. The number of carbonyl (C=O) groups is 1. The lowest BCUT2D eigenvalue weighted by molar-refractivity contribution is -0.386.